The Bertz CT molecular complexity index is 652. The first kappa shape index (κ1) is 14.5. The van der Waals surface area contributed by atoms with Crippen molar-refractivity contribution < 1.29 is 9.53 Å². The monoisotopic (exact) mass is 288 g/mol. The highest BCUT2D eigenvalue weighted by molar-refractivity contribution is 5.89. The Morgan fingerprint density at radius 1 is 1.52 bits per heavy atom. The minimum atomic E-state index is -0.320. The molecule has 0 atom stereocenters. The molecule has 21 heavy (non-hydrogen) atoms. The van der Waals surface area contributed by atoms with Gasteiger partial charge in [-0.05, 0) is 35.5 Å². The van der Waals surface area contributed by atoms with Crippen molar-refractivity contribution in [3.8, 4) is 11.4 Å². The summed E-state index contributed by atoms with van der Waals surface area (Å²) in [4.78, 5) is 11.6. The van der Waals surface area contributed by atoms with E-state index in [0.717, 1.165) is 0 Å². The normalized spacial score (nSPS) is 10.0. The molecule has 0 aliphatic rings. The highest BCUT2D eigenvalue weighted by atomic mass is 16.5. The predicted molar refractivity (Wildman–Crippen MR) is 77.7 cm³/mol. The van der Waals surface area contributed by atoms with E-state index in [0.29, 0.717) is 29.5 Å². The van der Waals surface area contributed by atoms with Gasteiger partial charge in [0, 0.05) is 12.2 Å². The maximum absolute atomic E-state index is 11.6. The Kier molecular flexibility index (Phi) is 4.50. The summed E-state index contributed by atoms with van der Waals surface area (Å²) >= 11 is 0. The lowest BCUT2D eigenvalue weighted by atomic mass is 10.2. The number of hydrogen-bond acceptors (Lipinski definition) is 5. The first-order chi connectivity index (χ1) is 10.2. The maximum atomic E-state index is 11.6. The number of anilines is 1. The van der Waals surface area contributed by atoms with E-state index in [-0.39, 0.29) is 6.03 Å². The number of aromatic nitrogens is 4. The topological polar surface area (TPSA) is 94.0 Å². The summed E-state index contributed by atoms with van der Waals surface area (Å²) in [5, 5.41) is 16.7. The minimum Gasteiger partial charge on any atom is -0.494 e. The first-order valence-corrected chi connectivity index (χ1v) is 6.25. The van der Waals surface area contributed by atoms with Crippen LogP contribution in [0.1, 0.15) is 5.82 Å². The number of tetrazole rings is 1. The summed E-state index contributed by atoms with van der Waals surface area (Å²) in [6.07, 6.45) is 1.60. The highest BCUT2D eigenvalue weighted by Gasteiger charge is 2.12. The third-order valence-corrected chi connectivity index (χ3v) is 2.70. The Balaban J connectivity index is 2.28. The number of rotatable bonds is 5. The fourth-order valence-electron chi connectivity index (χ4n) is 1.73. The van der Waals surface area contributed by atoms with Crippen LogP contribution in [0.4, 0.5) is 10.5 Å². The predicted octanol–water partition coefficient (Wildman–Crippen LogP) is 1.29. The van der Waals surface area contributed by atoms with Gasteiger partial charge in [-0.3, -0.25) is 0 Å². The lowest BCUT2D eigenvalue weighted by molar-refractivity contribution is 0.253. The van der Waals surface area contributed by atoms with Crippen molar-refractivity contribution in [2.45, 2.75) is 6.92 Å². The second kappa shape index (κ2) is 6.51. The van der Waals surface area contributed by atoms with Crippen molar-refractivity contribution in [1.29, 1.82) is 0 Å². The van der Waals surface area contributed by atoms with Crippen molar-refractivity contribution in [1.82, 2.24) is 25.5 Å². The van der Waals surface area contributed by atoms with Crippen molar-refractivity contribution in [2.75, 3.05) is 19.0 Å². The summed E-state index contributed by atoms with van der Waals surface area (Å²) in [6, 6.07) is 4.88. The number of aryl methyl sites for hydroxylation is 1. The Morgan fingerprint density at radius 3 is 2.95 bits per heavy atom. The van der Waals surface area contributed by atoms with E-state index in [1.54, 1.807) is 38.3 Å². The number of ether oxygens (including phenoxy) is 1. The maximum Gasteiger partial charge on any atom is 0.319 e. The molecule has 2 rings (SSSR count). The molecule has 2 N–H and O–H groups in total. The largest absolute Gasteiger partial charge is 0.494 e. The van der Waals surface area contributed by atoms with E-state index in [9.17, 15) is 4.79 Å². The summed E-state index contributed by atoms with van der Waals surface area (Å²) < 4.78 is 6.82. The molecule has 2 amide bonds. The molecule has 0 bridgehead atoms. The molecule has 1 aromatic heterocycles. The van der Waals surface area contributed by atoms with Gasteiger partial charge in [0.15, 0.2) is 5.82 Å². The van der Waals surface area contributed by atoms with Crippen LogP contribution in [0.15, 0.2) is 30.9 Å². The summed E-state index contributed by atoms with van der Waals surface area (Å²) in [7, 11) is 1.56. The molecule has 8 heteroatoms. The zero-order valence-corrected chi connectivity index (χ0v) is 11.8. The van der Waals surface area contributed by atoms with Crippen LogP contribution in [-0.4, -0.2) is 39.9 Å². The second-order valence-electron chi connectivity index (χ2n) is 4.15. The van der Waals surface area contributed by atoms with Gasteiger partial charge in [-0.15, -0.1) is 11.7 Å². The van der Waals surface area contributed by atoms with Crippen LogP contribution in [-0.2, 0) is 0 Å². The van der Waals surface area contributed by atoms with Gasteiger partial charge in [0.05, 0.1) is 7.11 Å². The number of amides is 2. The van der Waals surface area contributed by atoms with Crippen LogP contribution in [0.3, 0.4) is 0 Å². The Labute approximate surface area is 121 Å². The van der Waals surface area contributed by atoms with Crippen LogP contribution < -0.4 is 15.4 Å². The molecule has 0 radical (unpaired) electrons. The molecule has 0 unspecified atom stereocenters. The quantitative estimate of drug-likeness (QED) is 0.808. The number of nitrogens with one attached hydrogen (secondary N) is 2. The molecule has 1 heterocycles. The molecule has 0 spiro atoms. The average Bonchev–Trinajstić information content (AvgIpc) is 2.91. The van der Waals surface area contributed by atoms with Gasteiger partial charge in [-0.25, -0.2) is 4.79 Å². The lowest BCUT2D eigenvalue weighted by Crippen LogP contribution is -2.28. The van der Waals surface area contributed by atoms with E-state index in [1.165, 1.54) is 4.68 Å². The summed E-state index contributed by atoms with van der Waals surface area (Å²) in [6.45, 7) is 5.70. The van der Waals surface area contributed by atoms with Gasteiger partial charge in [-0.1, -0.05) is 6.08 Å². The molecule has 0 aliphatic heterocycles. The molecule has 0 fully saturated rings. The molecule has 1 aromatic carbocycles. The van der Waals surface area contributed by atoms with Gasteiger partial charge in [-0.2, -0.15) is 4.68 Å². The Hall–Kier alpha value is -2.90. The van der Waals surface area contributed by atoms with Crippen LogP contribution in [0, 0.1) is 6.92 Å². The number of benzene rings is 1. The fourth-order valence-corrected chi connectivity index (χ4v) is 1.73. The minimum absolute atomic E-state index is 0.320. The van der Waals surface area contributed by atoms with Gasteiger partial charge in [0.25, 0.3) is 0 Å². The zero-order chi connectivity index (χ0) is 15.2. The van der Waals surface area contributed by atoms with E-state index in [4.69, 9.17) is 4.74 Å². The number of hydrogen-bond donors (Lipinski definition) is 2. The van der Waals surface area contributed by atoms with Crippen LogP contribution in [0.2, 0.25) is 0 Å². The van der Waals surface area contributed by atoms with Gasteiger partial charge < -0.3 is 15.4 Å². The van der Waals surface area contributed by atoms with Crippen LogP contribution in [0.25, 0.3) is 5.69 Å². The number of carbonyl (C=O) groups excluding carboxylic acids is 1. The van der Waals surface area contributed by atoms with Gasteiger partial charge >= 0.3 is 6.03 Å². The molecule has 0 saturated heterocycles. The third-order valence-electron chi connectivity index (χ3n) is 2.70. The molecular weight excluding hydrogens is 272 g/mol. The van der Waals surface area contributed by atoms with Crippen molar-refractivity contribution in [3.05, 3.63) is 36.7 Å². The van der Waals surface area contributed by atoms with Crippen LogP contribution >= 0.6 is 0 Å². The molecule has 0 saturated carbocycles. The van der Waals surface area contributed by atoms with Crippen LogP contribution in [0.5, 0.6) is 5.75 Å². The van der Waals surface area contributed by atoms with Crippen molar-refractivity contribution >= 4 is 11.7 Å². The van der Waals surface area contributed by atoms with E-state index in [2.05, 4.69) is 32.7 Å². The first-order valence-electron chi connectivity index (χ1n) is 6.25. The van der Waals surface area contributed by atoms with Gasteiger partial charge in [0.2, 0.25) is 0 Å². The van der Waals surface area contributed by atoms with Crippen molar-refractivity contribution in [3.63, 3.8) is 0 Å². The van der Waals surface area contributed by atoms with E-state index in [1.807, 2.05) is 0 Å². The molecule has 110 valence electrons. The summed E-state index contributed by atoms with van der Waals surface area (Å²) in [5.41, 5.74) is 1.24. The summed E-state index contributed by atoms with van der Waals surface area (Å²) in [5.74, 6) is 1.21. The number of methoxy groups -OCH3 is 1. The number of urea groups is 1. The standard InChI is InChI=1S/C13H16N6O2/c1-4-7-14-13(20)15-10-5-6-12(21-3)11(8-10)19-9(2)16-17-18-19/h4-6,8H,1,7H2,2-3H3,(H2,14,15,20). The average molecular weight is 288 g/mol. The Morgan fingerprint density at radius 2 is 2.33 bits per heavy atom. The van der Waals surface area contributed by atoms with E-state index >= 15 is 0 Å². The third kappa shape index (κ3) is 3.35. The zero-order valence-electron chi connectivity index (χ0n) is 11.8. The smallest absolute Gasteiger partial charge is 0.319 e. The molecule has 2 aromatic rings. The lowest BCUT2D eigenvalue weighted by Gasteiger charge is -2.12. The SMILES string of the molecule is C=CCNC(=O)Nc1ccc(OC)c(-n2nnnc2C)c1. The van der Waals surface area contributed by atoms with Crippen molar-refractivity contribution in [2.24, 2.45) is 0 Å². The van der Waals surface area contributed by atoms with Gasteiger partial charge in [0.1, 0.15) is 11.4 Å². The molecule has 0 aliphatic carbocycles. The van der Waals surface area contributed by atoms with E-state index < -0.39 is 0 Å². The number of nitrogens with zero attached hydrogens (tertiary/aromatic N) is 4. The fraction of sp³-hybridized carbons (Fsp3) is 0.231. The molecule has 8 nitrogen and oxygen atoms in total. The second-order valence-corrected chi connectivity index (χ2v) is 4.15. The number of carbonyl (C=O) groups is 1. The highest BCUT2D eigenvalue weighted by Crippen LogP contribution is 2.26. The molecular formula is C13H16N6O2.